The summed E-state index contributed by atoms with van der Waals surface area (Å²) in [5, 5.41) is 10.6. The third kappa shape index (κ3) is 6.89. The summed E-state index contributed by atoms with van der Waals surface area (Å²) < 4.78 is 7.47. The number of halogens is 1. The highest BCUT2D eigenvalue weighted by molar-refractivity contribution is 14.0. The Labute approximate surface area is 154 Å². The summed E-state index contributed by atoms with van der Waals surface area (Å²) in [6, 6.07) is 11.7. The lowest BCUT2D eigenvalue weighted by Crippen LogP contribution is -2.39. The molecule has 0 saturated heterocycles. The highest BCUT2D eigenvalue weighted by atomic mass is 127. The van der Waals surface area contributed by atoms with Gasteiger partial charge < -0.3 is 15.4 Å². The molecule has 0 atom stereocenters. The van der Waals surface area contributed by atoms with E-state index in [0.717, 1.165) is 23.9 Å². The van der Waals surface area contributed by atoms with Gasteiger partial charge >= 0.3 is 0 Å². The second kappa shape index (κ2) is 10.9. The van der Waals surface area contributed by atoms with Gasteiger partial charge in [0.2, 0.25) is 0 Å². The maximum Gasteiger partial charge on any atom is 0.191 e. The lowest BCUT2D eigenvalue weighted by Gasteiger charge is -2.12. The molecule has 0 saturated carbocycles. The van der Waals surface area contributed by atoms with Gasteiger partial charge in [0, 0.05) is 19.8 Å². The van der Waals surface area contributed by atoms with Gasteiger partial charge in [-0.3, -0.25) is 4.68 Å². The maximum atomic E-state index is 5.64. The van der Waals surface area contributed by atoms with Gasteiger partial charge in [-0.2, -0.15) is 5.10 Å². The standard InChI is InChI=1S/C16H23N5O.HI/c1-3-17-16(19-13-14-9-10-20-21(14)2)18-11-12-22-15-7-5-4-6-8-15;/h4-10H,3,11-13H2,1-2H3,(H2,17,18,19);1H. The minimum Gasteiger partial charge on any atom is -0.492 e. The van der Waals surface area contributed by atoms with Crippen molar-refractivity contribution in [3.05, 3.63) is 48.3 Å². The van der Waals surface area contributed by atoms with Crippen molar-refractivity contribution < 1.29 is 4.74 Å². The van der Waals surface area contributed by atoms with Crippen LogP contribution in [0.2, 0.25) is 0 Å². The molecule has 1 aromatic carbocycles. The quantitative estimate of drug-likeness (QED) is 0.307. The Hall–Kier alpha value is -1.77. The Balaban J connectivity index is 0.00000264. The van der Waals surface area contributed by atoms with Crippen molar-refractivity contribution >= 4 is 29.9 Å². The van der Waals surface area contributed by atoms with Crippen LogP contribution in [0.3, 0.4) is 0 Å². The van der Waals surface area contributed by atoms with Crippen LogP contribution in [0.4, 0.5) is 0 Å². The molecule has 1 aromatic heterocycles. The number of hydrogen-bond donors (Lipinski definition) is 2. The monoisotopic (exact) mass is 429 g/mol. The van der Waals surface area contributed by atoms with Gasteiger partial charge in [0.25, 0.3) is 0 Å². The van der Waals surface area contributed by atoms with Crippen molar-refractivity contribution in [1.82, 2.24) is 20.4 Å². The van der Waals surface area contributed by atoms with Crippen LogP contribution in [0.1, 0.15) is 12.6 Å². The number of benzene rings is 1. The van der Waals surface area contributed by atoms with Crippen LogP contribution in [0.25, 0.3) is 0 Å². The fourth-order valence-corrected chi connectivity index (χ4v) is 1.91. The predicted octanol–water partition coefficient (Wildman–Crippen LogP) is 2.17. The highest BCUT2D eigenvalue weighted by Gasteiger charge is 2.00. The van der Waals surface area contributed by atoms with Crippen LogP contribution in [0.15, 0.2) is 47.6 Å². The molecular weight excluding hydrogens is 405 g/mol. The van der Waals surface area contributed by atoms with Crippen molar-refractivity contribution in [3.63, 3.8) is 0 Å². The van der Waals surface area contributed by atoms with E-state index in [1.54, 1.807) is 6.20 Å². The topological polar surface area (TPSA) is 63.5 Å². The zero-order valence-electron chi connectivity index (χ0n) is 13.5. The summed E-state index contributed by atoms with van der Waals surface area (Å²) in [5.41, 5.74) is 1.07. The Kier molecular flexibility index (Phi) is 9.11. The largest absolute Gasteiger partial charge is 0.492 e. The van der Waals surface area contributed by atoms with E-state index in [4.69, 9.17) is 4.74 Å². The van der Waals surface area contributed by atoms with Crippen LogP contribution in [-0.2, 0) is 13.6 Å². The normalized spacial score (nSPS) is 10.8. The molecule has 0 amide bonds. The van der Waals surface area contributed by atoms with Crippen LogP contribution in [0.5, 0.6) is 5.75 Å². The second-order valence-corrected chi connectivity index (χ2v) is 4.73. The predicted molar refractivity (Wildman–Crippen MR) is 103 cm³/mol. The fraction of sp³-hybridized carbons (Fsp3) is 0.375. The number of aliphatic imine (C=N–C) groups is 1. The van der Waals surface area contributed by atoms with Crippen molar-refractivity contribution in [1.29, 1.82) is 0 Å². The van der Waals surface area contributed by atoms with Crippen molar-refractivity contribution in [3.8, 4) is 5.75 Å². The lowest BCUT2D eigenvalue weighted by molar-refractivity contribution is 0.322. The first kappa shape index (κ1) is 19.3. The zero-order chi connectivity index (χ0) is 15.6. The van der Waals surface area contributed by atoms with Gasteiger partial charge in [0.05, 0.1) is 18.8 Å². The summed E-state index contributed by atoms with van der Waals surface area (Å²) in [5.74, 6) is 1.65. The molecule has 6 nitrogen and oxygen atoms in total. The maximum absolute atomic E-state index is 5.64. The Morgan fingerprint density at radius 2 is 2.00 bits per heavy atom. The Morgan fingerprint density at radius 3 is 2.65 bits per heavy atom. The SMILES string of the molecule is CCNC(=NCc1ccnn1C)NCCOc1ccccc1.I. The number of hydrogen-bond acceptors (Lipinski definition) is 3. The van der Waals surface area contributed by atoms with Crippen molar-refractivity contribution in [2.24, 2.45) is 12.0 Å². The van der Waals surface area contributed by atoms with E-state index < -0.39 is 0 Å². The molecule has 23 heavy (non-hydrogen) atoms. The summed E-state index contributed by atoms with van der Waals surface area (Å²) in [7, 11) is 1.92. The molecule has 0 aliphatic heterocycles. The summed E-state index contributed by atoms with van der Waals surface area (Å²) in [6.07, 6.45) is 1.78. The average Bonchev–Trinajstić information content (AvgIpc) is 2.95. The number of guanidine groups is 1. The molecule has 2 N–H and O–H groups in total. The smallest absolute Gasteiger partial charge is 0.191 e. The molecule has 0 aliphatic rings. The van der Waals surface area contributed by atoms with E-state index in [1.807, 2.05) is 55.1 Å². The number of aromatic nitrogens is 2. The van der Waals surface area contributed by atoms with Gasteiger partial charge in [-0.25, -0.2) is 4.99 Å². The first-order valence-electron chi connectivity index (χ1n) is 7.46. The summed E-state index contributed by atoms with van der Waals surface area (Å²) >= 11 is 0. The molecule has 1 heterocycles. The van der Waals surface area contributed by atoms with Gasteiger partial charge in [0.15, 0.2) is 5.96 Å². The molecule has 0 bridgehead atoms. The van der Waals surface area contributed by atoms with Crippen molar-refractivity contribution in [2.45, 2.75) is 13.5 Å². The number of rotatable bonds is 7. The third-order valence-electron chi connectivity index (χ3n) is 3.07. The second-order valence-electron chi connectivity index (χ2n) is 4.73. The van der Waals surface area contributed by atoms with Gasteiger partial charge in [-0.15, -0.1) is 24.0 Å². The van der Waals surface area contributed by atoms with E-state index in [2.05, 4.69) is 20.7 Å². The van der Waals surface area contributed by atoms with E-state index in [0.29, 0.717) is 19.7 Å². The first-order valence-corrected chi connectivity index (χ1v) is 7.46. The van der Waals surface area contributed by atoms with Gasteiger partial charge in [0.1, 0.15) is 12.4 Å². The van der Waals surface area contributed by atoms with E-state index in [1.165, 1.54) is 0 Å². The molecule has 126 valence electrons. The minimum absolute atomic E-state index is 0. The first-order chi connectivity index (χ1) is 10.8. The molecule has 0 spiro atoms. The number of nitrogens with one attached hydrogen (secondary N) is 2. The van der Waals surface area contributed by atoms with Crippen LogP contribution in [0, 0.1) is 0 Å². The average molecular weight is 429 g/mol. The Morgan fingerprint density at radius 1 is 1.22 bits per heavy atom. The van der Waals surface area contributed by atoms with Gasteiger partial charge in [-0.05, 0) is 25.1 Å². The molecule has 2 rings (SSSR count). The van der Waals surface area contributed by atoms with Gasteiger partial charge in [-0.1, -0.05) is 18.2 Å². The zero-order valence-corrected chi connectivity index (χ0v) is 15.9. The fourth-order valence-electron chi connectivity index (χ4n) is 1.91. The van der Waals surface area contributed by atoms with E-state index in [-0.39, 0.29) is 24.0 Å². The number of aryl methyl sites for hydroxylation is 1. The van der Waals surface area contributed by atoms with E-state index >= 15 is 0 Å². The molecule has 0 unspecified atom stereocenters. The molecule has 0 fully saturated rings. The molecular formula is C16H24IN5O. The molecule has 0 aliphatic carbocycles. The minimum atomic E-state index is 0. The number of nitrogens with zero attached hydrogens (tertiary/aromatic N) is 3. The Bertz CT molecular complexity index is 585. The summed E-state index contributed by atoms with van der Waals surface area (Å²) in [6.45, 7) is 4.72. The van der Waals surface area contributed by atoms with E-state index in [9.17, 15) is 0 Å². The molecule has 7 heteroatoms. The van der Waals surface area contributed by atoms with Crippen molar-refractivity contribution in [2.75, 3.05) is 19.7 Å². The molecule has 2 aromatic rings. The van der Waals surface area contributed by atoms with Crippen LogP contribution in [-0.4, -0.2) is 35.4 Å². The molecule has 0 radical (unpaired) electrons. The third-order valence-corrected chi connectivity index (χ3v) is 3.07. The lowest BCUT2D eigenvalue weighted by atomic mass is 10.3. The van der Waals surface area contributed by atoms with Crippen LogP contribution >= 0.6 is 24.0 Å². The number of ether oxygens (including phenoxy) is 1. The number of para-hydroxylation sites is 1. The van der Waals surface area contributed by atoms with Crippen LogP contribution < -0.4 is 15.4 Å². The highest BCUT2D eigenvalue weighted by Crippen LogP contribution is 2.07. The summed E-state index contributed by atoms with van der Waals surface area (Å²) in [4.78, 5) is 4.54.